The van der Waals surface area contributed by atoms with Gasteiger partial charge in [-0.05, 0) is 17.7 Å². The van der Waals surface area contributed by atoms with Gasteiger partial charge in [0.15, 0.2) is 0 Å². The first kappa shape index (κ1) is 8.30. The van der Waals surface area contributed by atoms with E-state index in [9.17, 15) is 0 Å². The van der Waals surface area contributed by atoms with Crippen molar-refractivity contribution in [2.75, 3.05) is 0 Å². The highest BCUT2D eigenvalue weighted by Crippen LogP contribution is 2.27. The lowest BCUT2D eigenvalue weighted by molar-refractivity contribution is 1.47. The van der Waals surface area contributed by atoms with Crippen LogP contribution >= 0.6 is 0 Å². The van der Waals surface area contributed by atoms with Gasteiger partial charge in [0.25, 0.3) is 0 Å². The molecule has 0 spiro atoms. The molecule has 0 bridgehead atoms. The molecule has 3 aromatic rings. The topological polar surface area (TPSA) is 15.8 Å². The van der Waals surface area contributed by atoms with Crippen molar-refractivity contribution in [2.24, 2.45) is 0 Å². The van der Waals surface area contributed by atoms with Gasteiger partial charge < -0.3 is 4.98 Å². The number of aromatic nitrogens is 1. The Kier molecular flexibility index (Phi) is 1.82. The molecule has 3 rings (SSSR count). The predicted octanol–water partition coefficient (Wildman–Crippen LogP) is 3.64. The molecule has 0 saturated heterocycles. The summed E-state index contributed by atoms with van der Waals surface area (Å²) in [6, 6.07) is 19.6. The van der Waals surface area contributed by atoms with Crippen molar-refractivity contribution in [3.05, 3.63) is 60.8 Å². The summed E-state index contributed by atoms with van der Waals surface area (Å²) >= 11 is 0. The minimum atomic E-state index is 1.13. The van der Waals surface area contributed by atoms with E-state index in [-0.39, 0.29) is 0 Å². The number of rotatable bonds is 1. The van der Waals surface area contributed by atoms with Gasteiger partial charge in [0, 0.05) is 22.7 Å². The maximum Gasteiger partial charge on any atom is 0.0460 e. The minimum absolute atomic E-state index is 1.13. The summed E-state index contributed by atoms with van der Waals surface area (Å²) in [5.74, 6) is 0. The van der Waals surface area contributed by atoms with Crippen LogP contribution in [0.4, 0.5) is 0 Å². The van der Waals surface area contributed by atoms with Crippen LogP contribution in [0.1, 0.15) is 0 Å². The van der Waals surface area contributed by atoms with E-state index in [0.29, 0.717) is 0 Å². The molecule has 0 atom stereocenters. The number of nitrogens with one attached hydrogen (secondary N) is 1. The van der Waals surface area contributed by atoms with E-state index in [4.69, 9.17) is 0 Å². The molecule has 0 saturated carbocycles. The summed E-state index contributed by atoms with van der Waals surface area (Å²) in [6.45, 7) is 0. The second-order valence-corrected chi connectivity index (χ2v) is 3.52. The van der Waals surface area contributed by atoms with Crippen molar-refractivity contribution >= 4 is 10.9 Å². The molecule has 2 aromatic carbocycles. The fraction of sp³-hybridized carbons (Fsp3) is 0. The van der Waals surface area contributed by atoms with Crippen molar-refractivity contribution < 1.29 is 0 Å². The second-order valence-electron chi connectivity index (χ2n) is 3.52. The third-order valence-corrected chi connectivity index (χ3v) is 2.59. The lowest BCUT2D eigenvalue weighted by Gasteiger charge is -1.97. The number of aromatic amines is 1. The molecule has 0 aliphatic rings. The van der Waals surface area contributed by atoms with Crippen molar-refractivity contribution in [3.8, 4) is 11.1 Å². The molecule has 0 aliphatic heterocycles. The summed E-state index contributed by atoms with van der Waals surface area (Å²) in [4.78, 5) is 3.27. The van der Waals surface area contributed by atoms with Gasteiger partial charge in [0.1, 0.15) is 0 Å². The molecule has 0 unspecified atom stereocenters. The van der Waals surface area contributed by atoms with Crippen LogP contribution in [0, 0.1) is 6.07 Å². The number of benzene rings is 2. The fourth-order valence-corrected chi connectivity index (χ4v) is 1.86. The molecule has 71 valence electrons. The number of hydrogen-bond acceptors (Lipinski definition) is 0. The zero-order valence-electron chi connectivity index (χ0n) is 8.20. The maximum absolute atomic E-state index is 3.27. The summed E-state index contributed by atoms with van der Waals surface area (Å²) in [6.07, 6.45) is 2.04. The van der Waals surface area contributed by atoms with E-state index in [0.717, 1.165) is 5.56 Å². The highest BCUT2D eigenvalue weighted by molar-refractivity contribution is 5.95. The van der Waals surface area contributed by atoms with Gasteiger partial charge in [-0.3, -0.25) is 0 Å². The largest absolute Gasteiger partial charge is 0.361 e. The highest BCUT2D eigenvalue weighted by Gasteiger charge is 2.03. The van der Waals surface area contributed by atoms with Crippen LogP contribution in [-0.4, -0.2) is 4.98 Å². The van der Waals surface area contributed by atoms with Crippen LogP contribution in [0.25, 0.3) is 22.0 Å². The van der Waals surface area contributed by atoms with E-state index in [1.54, 1.807) is 0 Å². The summed E-state index contributed by atoms with van der Waals surface area (Å²) < 4.78 is 0. The van der Waals surface area contributed by atoms with E-state index in [1.165, 1.54) is 16.5 Å². The predicted molar refractivity (Wildman–Crippen MR) is 62.6 cm³/mol. The Balaban J connectivity index is 2.28. The minimum Gasteiger partial charge on any atom is -0.361 e. The fourth-order valence-electron chi connectivity index (χ4n) is 1.86. The molecule has 1 heterocycles. The molecule has 0 fully saturated rings. The Bertz CT molecular complexity index is 578. The summed E-state index contributed by atoms with van der Waals surface area (Å²) in [5, 5.41) is 1.25. The average molecular weight is 192 g/mol. The number of hydrogen-bond donors (Lipinski definition) is 1. The second kappa shape index (κ2) is 3.28. The molecule has 1 heteroatoms. The van der Waals surface area contributed by atoms with E-state index in [1.807, 2.05) is 30.5 Å². The normalized spacial score (nSPS) is 10.7. The molecular formula is C14H10N. The zero-order valence-corrected chi connectivity index (χ0v) is 8.20. The Labute approximate surface area is 88.4 Å². The Hall–Kier alpha value is -2.02. The van der Waals surface area contributed by atoms with Crippen LogP contribution < -0.4 is 0 Å². The SMILES string of the molecule is [c]1ccccc1-c1c[nH]c2ccccc12. The van der Waals surface area contributed by atoms with Crippen LogP contribution in [0.2, 0.25) is 0 Å². The van der Waals surface area contributed by atoms with Crippen LogP contribution in [0.3, 0.4) is 0 Å². The number of fused-ring (bicyclic) bond motifs is 1. The maximum atomic E-state index is 3.27. The number of H-pyrrole nitrogens is 1. The van der Waals surface area contributed by atoms with Gasteiger partial charge in [-0.1, -0.05) is 42.5 Å². The van der Waals surface area contributed by atoms with Crippen molar-refractivity contribution in [1.29, 1.82) is 0 Å². The summed E-state index contributed by atoms with van der Waals surface area (Å²) in [5.41, 5.74) is 3.52. The molecule has 1 radical (unpaired) electrons. The van der Waals surface area contributed by atoms with E-state index in [2.05, 4.69) is 35.3 Å². The van der Waals surface area contributed by atoms with Gasteiger partial charge in [-0.15, -0.1) is 0 Å². The quantitative estimate of drug-likeness (QED) is 0.606. The molecule has 1 nitrogen and oxygen atoms in total. The lowest BCUT2D eigenvalue weighted by Crippen LogP contribution is -1.73. The first-order valence-corrected chi connectivity index (χ1v) is 4.98. The Morgan fingerprint density at radius 3 is 2.67 bits per heavy atom. The van der Waals surface area contributed by atoms with E-state index >= 15 is 0 Å². The number of para-hydroxylation sites is 1. The first-order valence-electron chi connectivity index (χ1n) is 4.98. The smallest absolute Gasteiger partial charge is 0.0460 e. The van der Waals surface area contributed by atoms with Crippen LogP contribution in [0.5, 0.6) is 0 Å². The molecule has 0 amide bonds. The van der Waals surface area contributed by atoms with Gasteiger partial charge in [-0.2, -0.15) is 0 Å². The molecule has 0 aliphatic carbocycles. The zero-order chi connectivity index (χ0) is 10.1. The van der Waals surface area contributed by atoms with Crippen molar-refractivity contribution in [2.45, 2.75) is 0 Å². The third-order valence-electron chi connectivity index (χ3n) is 2.59. The standard InChI is InChI=1S/C14H10N/c1-2-6-11(7-3-1)13-10-15-14-9-5-4-8-12(13)14/h1-6,8-10,15H. The molecule has 1 N–H and O–H groups in total. The van der Waals surface area contributed by atoms with Crippen LogP contribution in [-0.2, 0) is 0 Å². The first-order chi connectivity index (χ1) is 7.45. The van der Waals surface area contributed by atoms with Crippen molar-refractivity contribution in [1.82, 2.24) is 4.98 Å². The Morgan fingerprint density at radius 2 is 1.80 bits per heavy atom. The van der Waals surface area contributed by atoms with Gasteiger partial charge in [0.05, 0.1) is 0 Å². The van der Waals surface area contributed by atoms with E-state index < -0.39 is 0 Å². The molecule has 1 aromatic heterocycles. The molecular weight excluding hydrogens is 182 g/mol. The highest BCUT2D eigenvalue weighted by atomic mass is 14.7. The van der Waals surface area contributed by atoms with Crippen LogP contribution in [0.15, 0.2) is 54.7 Å². The van der Waals surface area contributed by atoms with Gasteiger partial charge in [0.2, 0.25) is 0 Å². The average Bonchev–Trinajstić information content (AvgIpc) is 2.74. The van der Waals surface area contributed by atoms with Gasteiger partial charge >= 0.3 is 0 Å². The summed E-state index contributed by atoms with van der Waals surface area (Å²) in [7, 11) is 0. The lowest BCUT2D eigenvalue weighted by atomic mass is 10.1. The van der Waals surface area contributed by atoms with Crippen molar-refractivity contribution in [3.63, 3.8) is 0 Å². The third kappa shape index (κ3) is 1.33. The molecule has 15 heavy (non-hydrogen) atoms. The Morgan fingerprint density at radius 1 is 0.933 bits per heavy atom. The monoisotopic (exact) mass is 192 g/mol. The van der Waals surface area contributed by atoms with Gasteiger partial charge in [-0.25, -0.2) is 0 Å².